The molecule has 0 saturated heterocycles. The summed E-state index contributed by atoms with van der Waals surface area (Å²) in [5.41, 5.74) is 13.9. The SMILES string of the molecule is CCCC1CCC2(OP)C(=CCC3(N)C2CCC2(C)C(CCCCC(C)C)CCC23)C1.CN. The Morgan fingerprint density at radius 3 is 2.48 bits per heavy atom. The monoisotopic (exact) mass is 478 g/mol. The zero-order chi connectivity index (χ0) is 24.3. The molecular weight excluding hydrogens is 423 g/mol. The van der Waals surface area contributed by atoms with Crippen LogP contribution in [0.4, 0.5) is 0 Å². The first-order valence-corrected chi connectivity index (χ1v) is 14.7. The third kappa shape index (κ3) is 5.00. The quantitative estimate of drug-likeness (QED) is 0.217. The minimum atomic E-state index is -0.0986. The van der Waals surface area contributed by atoms with E-state index in [1.54, 1.807) is 5.57 Å². The van der Waals surface area contributed by atoms with Gasteiger partial charge < -0.3 is 16.0 Å². The van der Waals surface area contributed by atoms with Crippen LogP contribution in [-0.4, -0.2) is 18.2 Å². The summed E-state index contributed by atoms with van der Waals surface area (Å²) in [5, 5.41) is 0. The number of fused-ring (bicyclic) bond motifs is 5. The number of rotatable bonds is 8. The molecule has 4 aliphatic carbocycles. The van der Waals surface area contributed by atoms with E-state index in [2.05, 4.69) is 49.0 Å². The fourth-order valence-corrected chi connectivity index (χ4v) is 9.33. The molecule has 4 aliphatic rings. The second kappa shape index (κ2) is 11.4. The summed E-state index contributed by atoms with van der Waals surface area (Å²) >= 11 is 0. The van der Waals surface area contributed by atoms with E-state index in [0.717, 1.165) is 24.2 Å². The average Bonchev–Trinajstić information content (AvgIpc) is 3.15. The van der Waals surface area contributed by atoms with Crippen molar-refractivity contribution in [3.05, 3.63) is 11.6 Å². The van der Waals surface area contributed by atoms with Gasteiger partial charge in [-0.1, -0.05) is 65.9 Å². The van der Waals surface area contributed by atoms with E-state index >= 15 is 0 Å². The van der Waals surface area contributed by atoms with Gasteiger partial charge in [0.15, 0.2) is 0 Å². The maximum Gasteiger partial charge on any atom is 0.0973 e. The molecule has 0 bridgehead atoms. The molecule has 3 nitrogen and oxygen atoms in total. The molecule has 3 saturated carbocycles. The molecule has 4 rings (SSSR count). The smallest absolute Gasteiger partial charge is 0.0973 e. The molecule has 3 fully saturated rings. The molecule has 33 heavy (non-hydrogen) atoms. The molecule has 192 valence electrons. The molecule has 0 heterocycles. The van der Waals surface area contributed by atoms with Crippen molar-refractivity contribution in [2.24, 2.45) is 46.5 Å². The van der Waals surface area contributed by atoms with Gasteiger partial charge in [-0.3, -0.25) is 0 Å². The second-order valence-corrected chi connectivity index (χ2v) is 12.8. The van der Waals surface area contributed by atoms with Crippen LogP contribution in [0.25, 0.3) is 0 Å². The van der Waals surface area contributed by atoms with E-state index in [4.69, 9.17) is 10.3 Å². The van der Waals surface area contributed by atoms with Crippen molar-refractivity contribution >= 4 is 9.47 Å². The third-order valence-electron chi connectivity index (χ3n) is 10.5. The summed E-state index contributed by atoms with van der Waals surface area (Å²) in [6.45, 7) is 9.66. The lowest BCUT2D eigenvalue weighted by Gasteiger charge is -2.63. The van der Waals surface area contributed by atoms with Gasteiger partial charge in [0.2, 0.25) is 0 Å². The predicted molar refractivity (Wildman–Crippen MR) is 146 cm³/mol. The summed E-state index contributed by atoms with van der Waals surface area (Å²) in [4.78, 5) is 0. The van der Waals surface area contributed by atoms with E-state index in [1.807, 2.05) is 0 Å². The Morgan fingerprint density at radius 2 is 1.82 bits per heavy atom. The first-order chi connectivity index (χ1) is 15.8. The number of hydrogen-bond donors (Lipinski definition) is 2. The van der Waals surface area contributed by atoms with Gasteiger partial charge in [0.1, 0.15) is 0 Å². The summed E-state index contributed by atoms with van der Waals surface area (Å²) in [6, 6.07) is 0. The maximum atomic E-state index is 7.52. The van der Waals surface area contributed by atoms with Gasteiger partial charge in [-0.2, -0.15) is 0 Å². The summed E-state index contributed by atoms with van der Waals surface area (Å²) in [5.74, 6) is 3.73. The first kappa shape index (κ1) is 27.6. The molecule has 0 radical (unpaired) electrons. The third-order valence-corrected chi connectivity index (χ3v) is 11.0. The molecule has 8 atom stereocenters. The standard InChI is InChI=1S/C28H50NOP.CH5N/c1-5-8-21-13-18-28(30-31)23(19-21)14-17-27(29)24-12-11-22(10-7-6-9-20(2)3)26(24,4)16-15-25(27)28;1-2/h14,20-22,24-25H,5-13,15-19,29,31H2,1-4H3;2H2,1H3. The lowest BCUT2D eigenvalue weighted by molar-refractivity contribution is -0.0985. The molecule has 0 spiro atoms. The molecule has 0 amide bonds. The van der Waals surface area contributed by atoms with Gasteiger partial charge in [0.05, 0.1) is 5.60 Å². The van der Waals surface area contributed by atoms with Crippen molar-refractivity contribution in [3.63, 3.8) is 0 Å². The van der Waals surface area contributed by atoms with Crippen LogP contribution in [0.5, 0.6) is 0 Å². The van der Waals surface area contributed by atoms with Crippen LogP contribution in [0.1, 0.15) is 118 Å². The molecule has 0 aromatic rings. The molecule has 8 unspecified atom stereocenters. The lowest BCUT2D eigenvalue weighted by atomic mass is 9.46. The minimum Gasteiger partial charge on any atom is -0.355 e. The molecule has 4 heteroatoms. The molecule has 0 aliphatic heterocycles. The Balaban J connectivity index is 0.00000149. The van der Waals surface area contributed by atoms with E-state index in [0.29, 0.717) is 17.3 Å². The normalized spacial score (nSPS) is 42.0. The second-order valence-electron chi connectivity index (χ2n) is 12.6. The highest BCUT2D eigenvalue weighted by Gasteiger charge is 2.65. The van der Waals surface area contributed by atoms with E-state index in [-0.39, 0.29) is 11.1 Å². The highest BCUT2D eigenvalue weighted by Crippen LogP contribution is 2.66. The largest absolute Gasteiger partial charge is 0.355 e. The summed E-state index contributed by atoms with van der Waals surface area (Å²) in [7, 11) is 4.18. The Morgan fingerprint density at radius 1 is 1.06 bits per heavy atom. The highest BCUT2D eigenvalue weighted by atomic mass is 31.0. The van der Waals surface area contributed by atoms with Crippen LogP contribution in [0.2, 0.25) is 0 Å². The van der Waals surface area contributed by atoms with Crippen LogP contribution >= 0.6 is 9.47 Å². The van der Waals surface area contributed by atoms with Crippen LogP contribution in [0.15, 0.2) is 11.6 Å². The molecular formula is C29H55N2OP. The maximum absolute atomic E-state index is 7.52. The van der Waals surface area contributed by atoms with Crippen molar-refractivity contribution in [1.29, 1.82) is 0 Å². The summed E-state index contributed by atoms with van der Waals surface area (Å²) in [6.07, 6.45) is 21.0. The first-order valence-electron chi connectivity index (χ1n) is 14.2. The van der Waals surface area contributed by atoms with Crippen molar-refractivity contribution in [3.8, 4) is 0 Å². The van der Waals surface area contributed by atoms with Crippen molar-refractivity contribution in [2.45, 2.75) is 129 Å². The van der Waals surface area contributed by atoms with E-state index in [9.17, 15) is 0 Å². The number of unbranched alkanes of at least 4 members (excludes halogenated alkanes) is 1. The lowest BCUT2D eigenvalue weighted by Crippen LogP contribution is -2.68. The molecule has 0 aromatic carbocycles. The fourth-order valence-electron chi connectivity index (χ4n) is 8.90. The van der Waals surface area contributed by atoms with Gasteiger partial charge in [0.25, 0.3) is 0 Å². The van der Waals surface area contributed by atoms with Crippen LogP contribution < -0.4 is 11.5 Å². The number of hydrogen-bond acceptors (Lipinski definition) is 3. The minimum absolute atomic E-state index is 0.0721. The van der Waals surface area contributed by atoms with Gasteiger partial charge in [-0.25, -0.2) is 0 Å². The van der Waals surface area contributed by atoms with Crippen molar-refractivity contribution in [1.82, 2.24) is 0 Å². The molecule has 4 N–H and O–H groups in total. The van der Waals surface area contributed by atoms with Gasteiger partial charge in [0, 0.05) is 20.9 Å². The van der Waals surface area contributed by atoms with Crippen LogP contribution in [-0.2, 0) is 4.52 Å². The predicted octanol–water partition coefficient (Wildman–Crippen LogP) is 7.39. The average molecular weight is 479 g/mol. The highest BCUT2D eigenvalue weighted by molar-refractivity contribution is 7.09. The topological polar surface area (TPSA) is 61.3 Å². The molecule has 0 aromatic heterocycles. The summed E-state index contributed by atoms with van der Waals surface area (Å²) < 4.78 is 6.42. The van der Waals surface area contributed by atoms with Gasteiger partial charge in [-0.15, -0.1) is 0 Å². The zero-order valence-corrected chi connectivity index (χ0v) is 23.7. The Bertz CT molecular complexity index is 666. The van der Waals surface area contributed by atoms with Gasteiger partial charge in [-0.05, 0) is 99.5 Å². The van der Waals surface area contributed by atoms with E-state index < -0.39 is 0 Å². The Hall–Kier alpha value is 0.0500. The zero-order valence-electron chi connectivity index (χ0n) is 22.5. The van der Waals surface area contributed by atoms with Crippen molar-refractivity contribution in [2.75, 3.05) is 7.05 Å². The fraction of sp³-hybridized carbons (Fsp3) is 0.931. The van der Waals surface area contributed by atoms with E-state index in [1.165, 1.54) is 90.5 Å². The van der Waals surface area contributed by atoms with Crippen molar-refractivity contribution < 1.29 is 4.52 Å². The Kier molecular flexibility index (Phi) is 9.55. The Labute approximate surface area is 207 Å². The van der Waals surface area contributed by atoms with Gasteiger partial charge >= 0.3 is 0 Å². The van der Waals surface area contributed by atoms with Crippen LogP contribution in [0.3, 0.4) is 0 Å². The van der Waals surface area contributed by atoms with Crippen LogP contribution in [0, 0.1) is 35.0 Å². The number of nitrogens with two attached hydrogens (primary N) is 2.